The minimum atomic E-state index is -1.11. The van der Waals surface area contributed by atoms with Crippen LogP contribution in [0.1, 0.15) is 73.9 Å². The number of benzene rings is 3. The standard InChI is InChI=1S/C42H51N5O7S/c1-25(2)37(46-39(51)33(15-10-16-36(49)50)45-40(52)34-22-30-13-8-9-14-32(30)44-34)42(54)47-20-19-29-21-26(3)17-18-31(29)38(47)41(53)43-27(4)35(48)24-55-23-28-11-6-5-7-12-28/h5-9,11-14,17-18,21,25,27,33-34,37-38,44H,10,15-16,19-20,22-24H2,1-4H3,(H,43,53)(H,45,52)(H,46,51)(H,49,50)/t27-,33-,34?,37-,38-/m0/s1. The number of nitrogens with one attached hydrogen (secondary N) is 4. The van der Waals surface area contributed by atoms with E-state index in [0.29, 0.717) is 24.2 Å². The van der Waals surface area contributed by atoms with Crippen molar-refractivity contribution in [3.63, 3.8) is 0 Å². The number of carbonyl (C=O) groups is 6. The number of aryl methyl sites for hydroxylation is 1. The molecule has 0 spiro atoms. The van der Waals surface area contributed by atoms with Gasteiger partial charge in [0.25, 0.3) is 0 Å². The van der Waals surface area contributed by atoms with Crippen LogP contribution in [0.15, 0.2) is 72.8 Å². The number of fused-ring (bicyclic) bond motifs is 2. The van der Waals surface area contributed by atoms with Crippen molar-refractivity contribution < 1.29 is 33.9 Å². The van der Waals surface area contributed by atoms with Crippen molar-refractivity contribution in [1.82, 2.24) is 20.9 Å². The molecule has 55 heavy (non-hydrogen) atoms. The maximum Gasteiger partial charge on any atom is 0.303 e. The smallest absolute Gasteiger partial charge is 0.303 e. The second-order valence-corrected chi connectivity index (χ2v) is 15.7. The number of hydrogen-bond acceptors (Lipinski definition) is 8. The van der Waals surface area contributed by atoms with Crippen molar-refractivity contribution in [3.8, 4) is 0 Å². The van der Waals surface area contributed by atoms with Crippen LogP contribution in [0, 0.1) is 12.8 Å². The van der Waals surface area contributed by atoms with Gasteiger partial charge in [0.05, 0.1) is 11.8 Å². The van der Waals surface area contributed by atoms with E-state index in [2.05, 4.69) is 21.3 Å². The molecule has 292 valence electrons. The molecule has 0 saturated carbocycles. The van der Waals surface area contributed by atoms with Crippen LogP contribution in [0.4, 0.5) is 5.69 Å². The largest absolute Gasteiger partial charge is 0.481 e. The van der Waals surface area contributed by atoms with Gasteiger partial charge in [-0.1, -0.05) is 86.1 Å². The van der Waals surface area contributed by atoms with E-state index in [1.165, 1.54) is 16.7 Å². The van der Waals surface area contributed by atoms with Gasteiger partial charge < -0.3 is 31.3 Å². The molecule has 2 heterocycles. The molecule has 5 N–H and O–H groups in total. The number of anilines is 1. The molecule has 3 aromatic rings. The van der Waals surface area contributed by atoms with Crippen molar-refractivity contribution in [2.24, 2.45) is 5.92 Å². The number of Topliss-reactive ketones (excluding diaryl/α,β-unsaturated/α-hetero) is 1. The highest BCUT2D eigenvalue weighted by Crippen LogP contribution is 2.32. The summed E-state index contributed by atoms with van der Waals surface area (Å²) in [7, 11) is 0. The maximum atomic E-state index is 14.5. The first-order valence-electron chi connectivity index (χ1n) is 18.8. The minimum Gasteiger partial charge on any atom is -0.481 e. The molecule has 1 unspecified atom stereocenters. The van der Waals surface area contributed by atoms with E-state index in [1.54, 1.807) is 20.8 Å². The van der Waals surface area contributed by atoms with Gasteiger partial charge in [0.2, 0.25) is 23.6 Å². The zero-order valence-electron chi connectivity index (χ0n) is 31.8. The Morgan fingerprint density at radius 1 is 0.891 bits per heavy atom. The van der Waals surface area contributed by atoms with E-state index in [4.69, 9.17) is 0 Å². The fraction of sp³-hybridized carbons (Fsp3) is 0.429. The molecular formula is C42H51N5O7S. The summed E-state index contributed by atoms with van der Waals surface area (Å²) >= 11 is 1.47. The van der Waals surface area contributed by atoms with Crippen molar-refractivity contribution >= 4 is 52.8 Å². The second-order valence-electron chi connectivity index (χ2n) is 14.7. The fourth-order valence-electron chi connectivity index (χ4n) is 7.02. The molecule has 5 rings (SSSR count). The summed E-state index contributed by atoms with van der Waals surface area (Å²) in [6, 6.07) is 18.4. The van der Waals surface area contributed by atoms with Crippen LogP contribution in [-0.4, -0.2) is 81.9 Å². The highest BCUT2D eigenvalue weighted by Gasteiger charge is 2.41. The highest BCUT2D eigenvalue weighted by molar-refractivity contribution is 7.99. The number of nitrogens with zero attached hydrogens (tertiary/aromatic N) is 1. The molecule has 2 aliphatic rings. The Bertz CT molecular complexity index is 1860. The Balaban J connectivity index is 1.31. The van der Waals surface area contributed by atoms with Crippen molar-refractivity contribution in [3.05, 3.63) is 101 Å². The Kier molecular flexibility index (Phi) is 14.1. The fourth-order valence-corrected chi connectivity index (χ4v) is 8.00. The number of ketones is 1. The summed E-state index contributed by atoms with van der Waals surface area (Å²) in [5, 5.41) is 21.0. The number of rotatable bonds is 17. The van der Waals surface area contributed by atoms with Gasteiger partial charge >= 0.3 is 5.97 Å². The van der Waals surface area contributed by atoms with Gasteiger partial charge in [0.15, 0.2) is 5.78 Å². The van der Waals surface area contributed by atoms with E-state index in [-0.39, 0.29) is 37.3 Å². The van der Waals surface area contributed by atoms with Crippen LogP contribution < -0.4 is 21.3 Å². The summed E-state index contributed by atoms with van der Waals surface area (Å²) in [5.74, 6) is -2.74. The van der Waals surface area contributed by atoms with E-state index < -0.39 is 65.7 Å². The number of amides is 4. The lowest BCUT2D eigenvalue weighted by molar-refractivity contribution is -0.146. The lowest BCUT2D eigenvalue weighted by Gasteiger charge is -2.39. The molecule has 0 radical (unpaired) electrons. The number of aliphatic carboxylic acids is 1. The maximum absolute atomic E-state index is 14.5. The summed E-state index contributed by atoms with van der Waals surface area (Å²) in [4.78, 5) is 82.0. The minimum absolute atomic E-state index is 0.0412. The van der Waals surface area contributed by atoms with Crippen LogP contribution >= 0.6 is 11.8 Å². The first kappa shape index (κ1) is 41.0. The van der Waals surface area contributed by atoms with Crippen LogP contribution in [0.2, 0.25) is 0 Å². The molecule has 0 fully saturated rings. The first-order chi connectivity index (χ1) is 26.3. The molecule has 2 aliphatic heterocycles. The first-order valence-corrected chi connectivity index (χ1v) is 20.0. The molecule has 4 amide bonds. The number of carboxylic acids is 1. The lowest BCUT2D eigenvalue weighted by atomic mass is 9.89. The third-order valence-corrected chi connectivity index (χ3v) is 11.1. The number of thioether (sulfide) groups is 1. The summed E-state index contributed by atoms with van der Waals surface area (Å²) < 4.78 is 0. The van der Waals surface area contributed by atoms with Crippen LogP contribution in [0.25, 0.3) is 0 Å². The summed E-state index contributed by atoms with van der Waals surface area (Å²) in [6.45, 7) is 7.37. The monoisotopic (exact) mass is 769 g/mol. The Hall–Kier alpha value is -5.17. The molecule has 0 aromatic heterocycles. The van der Waals surface area contributed by atoms with Gasteiger partial charge in [-0.2, -0.15) is 0 Å². The number of para-hydroxylation sites is 1. The van der Waals surface area contributed by atoms with Gasteiger partial charge in [0.1, 0.15) is 24.2 Å². The highest BCUT2D eigenvalue weighted by atomic mass is 32.2. The summed E-state index contributed by atoms with van der Waals surface area (Å²) in [6.07, 6.45) is 0.878. The predicted molar refractivity (Wildman–Crippen MR) is 212 cm³/mol. The van der Waals surface area contributed by atoms with Crippen molar-refractivity contribution in [2.45, 2.75) is 95.8 Å². The Morgan fingerprint density at radius 2 is 1.62 bits per heavy atom. The van der Waals surface area contributed by atoms with Gasteiger partial charge in [-0.05, 0) is 67.3 Å². The van der Waals surface area contributed by atoms with Crippen molar-refractivity contribution in [1.29, 1.82) is 0 Å². The number of carboxylic acid groups (broad SMARTS) is 1. The Labute approximate surface area is 326 Å². The van der Waals surface area contributed by atoms with E-state index >= 15 is 0 Å². The second kappa shape index (κ2) is 18.9. The Morgan fingerprint density at radius 3 is 2.33 bits per heavy atom. The van der Waals surface area contributed by atoms with Gasteiger partial charge in [0, 0.05) is 30.8 Å². The van der Waals surface area contributed by atoms with E-state index in [1.807, 2.05) is 79.7 Å². The van der Waals surface area contributed by atoms with Gasteiger partial charge in [-0.25, -0.2) is 0 Å². The van der Waals surface area contributed by atoms with Crippen LogP contribution in [-0.2, 0) is 47.4 Å². The van der Waals surface area contributed by atoms with Crippen LogP contribution in [0.5, 0.6) is 0 Å². The number of carbonyl (C=O) groups excluding carboxylic acids is 5. The third-order valence-electron chi connectivity index (χ3n) is 10.1. The molecule has 0 saturated heterocycles. The average molecular weight is 770 g/mol. The molecular weight excluding hydrogens is 719 g/mol. The summed E-state index contributed by atoms with van der Waals surface area (Å²) in [5.41, 5.74) is 5.48. The molecule has 3 aromatic carbocycles. The predicted octanol–water partition coefficient (Wildman–Crippen LogP) is 4.35. The lowest BCUT2D eigenvalue weighted by Crippen LogP contribution is -2.59. The molecule has 0 aliphatic carbocycles. The zero-order chi connectivity index (χ0) is 39.6. The normalized spacial score (nSPS) is 17.5. The van der Waals surface area contributed by atoms with Crippen molar-refractivity contribution in [2.75, 3.05) is 17.6 Å². The van der Waals surface area contributed by atoms with Gasteiger partial charge in [-0.15, -0.1) is 11.8 Å². The third kappa shape index (κ3) is 10.7. The molecule has 5 atom stereocenters. The zero-order valence-corrected chi connectivity index (χ0v) is 32.6. The quantitative estimate of drug-likeness (QED) is 0.134. The van der Waals surface area contributed by atoms with E-state index in [0.717, 1.165) is 27.9 Å². The topological polar surface area (TPSA) is 174 Å². The number of hydrogen-bond donors (Lipinski definition) is 5. The van der Waals surface area contributed by atoms with Crippen LogP contribution in [0.3, 0.4) is 0 Å². The van der Waals surface area contributed by atoms with E-state index in [9.17, 15) is 33.9 Å². The molecule has 12 nitrogen and oxygen atoms in total. The molecule has 0 bridgehead atoms. The SMILES string of the molecule is Cc1ccc2c(c1)CCN(C(=O)[C@@H](NC(=O)[C@H](CCCC(=O)O)NC(=O)C1Cc3ccccc3N1)C(C)C)[C@@H]2C(=O)N[C@@H](C)C(=O)CSCc1ccccc1. The average Bonchev–Trinajstić information content (AvgIpc) is 3.60. The van der Waals surface area contributed by atoms with Gasteiger partial charge in [-0.3, -0.25) is 28.8 Å². The molecule has 13 heteroatoms.